The summed E-state index contributed by atoms with van der Waals surface area (Å²) >= 11 is 10.9. The van der Waals surface area contributed by atoms with Crippen LogP contribution in [-0.2, 0) is 4.79 Å². The summed E-state index contributed by atoms with van der Waals surface area (Å²) in [5.74, 6) is -1.15. The number of carboxylic acid groups (broad SMARTS) is 1. The quantitative estimate of drug-likeness (QED) is 0.761. The van der Waals surface area contributed by atoms with Crippen molar-refractivity contribution in [3.8, 4) is 0 Å². The van der Waals surface area contributed by atoms with Gasteiger partial charge in [0.15, 0.2) is 0 Å². The molecule has 0 saturated heterocycles. The molecule has 1 N–H and O–H groups in total. The molecule has 0 aromatic heterocycles. The van der Waals surface area contributed by atoms with Crippen LogP contribution in [0.2, 0.25) is 0 Å². The Morgan fingerprint density at radius 3 is 2.15 bits per heavy atom. The Morgan fingerprint density at radius 2 is 1.92 bits per heavy atom. The van der Waals surface area contributed by atoms with E-state index in [1.807, 2.05) is 13.8 Å². The smallest absolute Gasteiger partial charge is 0.307 e. The van der Waals surface area contributed by atoms with Gasteiger partial charge in [0, 0.05) is 51.4 Å². The molecular formula is C8H10Cl2KO2. The maximum absolute atomic E-state index is 10.7. The van der Waals surface area contributed by atoms with Crippen molar-refractivity contribution in [2.75, 3.05) is 0 Å². The largest absolute Gasteiger partial charge is 0.481 e. The second kappa shape index (κ2) is 4.97. The van der Waals surface area contributed by atoms with Gasteiger partial charge in [-0.05, 0) is 17.4 Å². The number of rotatable bonds is 2. The Morgan fingerprint density at radius 1 is 1.46 bits per heavy atom. The SMILES string of the molecule is CC1(C)C(C=C(Cl)Cl)C1C(=O)O.[K]. The maximum Gasteiger partial charge on any atom is 0.307 e. The van der Waals surface area contributed by atoms with Gasteiger partial charge in [-0.2, -0.15) is 0 Å². The number of carbonyl (C=O) groups is 1. The Labute approximate surface area is 130 Å². The Bertz CT molecular complexity index is 247. The van der Waals surface area contributed by atoms with Crippen LogP contribution >= 0.6 is 23.2 Å². The van der Waals surface area contributed by atoms with Gasteiger partial charge >= 0.3 is 5.97 Å². The number of hydrogen-bond acceptors (Lipinski definition) is 1. The zero-order valence-corrected chi connectivity index (χ0v) is 12.5. The summed E-state index contributed by atoms with van der Waals surface area (Å²) in [6, 6.07) is 0. The zero-order valence-electron chi connectivity index (χ0n) is 7.84. The first kappa shape index (κ1) is 14.4. The van der Waals surface area contributed by atoms with Crippen molar-refractivity contribution >= 4 is 80.6 Å². The van der Waals surface area contributed by atoms with E-state index in [1.54, 1.807) is 6.08 Å². The van der Waals surface area contributed by atoms with Gasteiger partial charge in [0.25, 0.3) is 0 Å². The van der Waals surface area contributed by atoms with Crippen molar-refractivity contribution in [2.24, 2.45) is 17.3 Å². The third-order valence-electron chi connectivity index (χ3n) is 2.48. The van der Waals surface area contributed by atoms with E-state index < -0.39 is 5.97 Å². The van der Waals surface area contributed by atoms with E-state index in [1.165, 1.54) is 0 Å². The van der Waals surface area contributed by atoms with Gasteiger partial charge in [-0.3, -0.25) is 4.79 Å². The second-order valence-electron chi connectivity index (χ2n) is 3.62. The van der Waals surface area contributed by atoms with E-state index in [4.69, 9.17) is 28.3 Å². The second-order valence-corrected chi connectivity index (χ2v) is 4.63. The number of aliphatic carboxylic acids is 1. The molecule has 0 aromatic carbocycles. The van der Waals surface area contributed by atoms with Crippen molar-refractivity contribution < 1.29 is 9.90 Å². The fourth-order valence-corrected chi connectivity index (χ4v) is 1.87. The number of hydrogen-bond donors (Lipinski definition) is 1. The molecule has 1 rings (SSSR count). The van der Waals surface area contributed by atoms with E-state index in [9.17, 15) is 4.79 Å². The summed E-state index contributed by atoms with van der Waals surface area (Å²) in [4.78, 5) is 10.7. The van der Waals surface area contributed by atoms with Gasteiger partial charge < -0.3 is 5.11 Å². The molecule has 69 valence electrons. The average Bonchev–Trinajstić information content (AvgIpc) is 2.32. The molecule has 0 bridgehead atoms. The molecule has 1 aliphatic rings. The first-order chi connectivity index (χ1) is 5.37. The monoisotopic (exact) mass is 247 g/mol. The molecule has 0 amide bonds. The van der Waals surface area contributed by atoms with Gasteiger partial charge in [-0.15, -0.1) is 0 Å². The number of carboxylic acids is 1. The minimum Gasteiger partial charge on any atom is -0.481 e. The van der Waals surface area contributed by atoms with Gasteiger partial charge in [-0.25, -0.2) is 0 Å². The fraction of sp³-hybridized carbons (Fsp3) is 0.625. The third kappa shape index (κ3) is 3.19. The Balaban J connectivity index is 0.00000144. The summed E-state index contributed by atoms with van der Waals surface area (Å²) in [6.45, 7) is 3.79. The van der Waals surface area contributed by atoms with Crippen LogP contribution in [0.4, 0.5) is 0 Å². The van der Waals surface area contributed by atoms with Crippen LogP contribution in [-0.4, -0.2) is 62.5 Å². The van der Waals surface area contributed by atoms with E-state index in [-0.39, 0.29) is 73.1 Å². The number of halogens is 2. The standard InChI is InChI=1S/C8H10Cl2O2.K/c1-8(2)4(3-5(9)10)6(8)7(11)12;/h3-4,6H,1-2H3,(H,11,12);. The van der Waals surface area contributed by atoms with E-state index >= 15 is 0 Å². The molecule has 2 unspecified atom stereocenters. The summed E-state index contributed by atoms with van der Waals surface area (Å²) in [5.41, 5.74) is -0.207. The molecule has 1 radical (unpaired) electrons. The molecule has 0 aromatic rings. The molecule has 0 aliphatic heterocycles. The molecular weight excluding hydrogens is 238 g/mol. The minimum absolute atomic E-state index is 0. The van der Waals surface area contributed by atoms with Crippen molar-refractivity contribution in [3.05, 3.63) is 10.6 Å². The van der Waals surface area contributed by atoms with Crippen LogP contribution in [0.5, 0.6) is 0 Å². The summed E-state index contributed by atoms with van der Waals surface area (Å²) in [7, 11) is 0. The zero-order chi connectivity index (χ0) is 9.52. The summed E-state index contributed by atoms with van der Waals surface area (Å²) < 4.78 is 0.150. The Hall–Kier alpha value is 1.43. The van der Waals surface area contributed by atoms with Crippen molar-refractivity contribution in [1.29, 1.82) is 0 Å². The fourth-order valence-electron chi connectivity index (χ4n) is 1.60. The molecule has 0 heterocycles. The van der Waals surface area contributed by atoms with Crippen LogP contribution in [0.3, 0.4) is 0 Å². The first-order valence-electron chi connectivity index (χ1n) is 3.63. The topological polar surface area (TPSA) is 37.3 Å². The number of allylic oxidation sites excluding steroid dienone is 1. The van der Waals surface area contributed by atoms with Gasteiger partial charge in [0.1, 0.15) is 4.49 Å². The van der Waals surface area contributed by atoms with E-state index in [0.29, 0.717) is 0 Å². The summed E-state index contributed by atoms with van der Waals surface area (Å²) in [5, 5.41) is 8.76. The predicted octanol–water partition coefficient (Wildman–Crippen LogP) is 2.28. The van der Waals surface area contributed by atoms with Crippen molar-refractivity contribution in [2.45, 2.75) is 13.8 Å². The van der Waals surface area contributed by atoms with Crippen molar-refractivity contribution in [3.63, 3.8) is 0 Å². The van der Waals surface area contributed by atoms with Crippen LogP contribution in [0.1, 0.15) is 13.8 Å². The van der Waals surface area contributed by atoms with Crippen molar-refractivity contribution in [1.82, 2.24) is 0 Å². The molecule has 2 nitrogen and oxygen atoms in total. The molecule has 2 atom stereocenters. The molecule has 1 saturated carbocycles. The van der Waals surface area contributed by atoms with Gasteiger partial charge in [0.05, 0.1) is 5.92 Å². The normalized spacial score (nSPS) is 28.6. The van der Waals surface area contributed by atoms with Crippen LogP contribution in [0.15, 0.2) is 10.6 Å². The van der Waals surface area contributed by atoms with E-state index in [0.717, 1.165) is 0 Å². The van der Waals surface area contributed by atoms with Crippen LogP contribution in [0, 0.1) is 17.3 Å². The molecule has 13 heavy (non-hydrogen) atoms. The summed E-state index contributed by atoms with van der Waals surface area (Å²) in [6.07, 6.45) is 1.60. The molecule has 0 spiro atoms. The maximum atomic E-state index is 10.7. The third-order valence-corrected chi connectivity index (χ3v) is 2.73. The van der Waals surface area contributed by atoms with Crippen LogP contribution in [0.25, 0.3) is 0 Å². The molecule has 1 fully saturated rings. The van der Waals surface area contributed by atoms with Gasteiger partial charge in [0.2, 0.25) is 0 Å². The molecule has 5 heteroatoms. The molecule has 1 aliphatic carbocycles. The minimum atomic E-state index is -0.782. The van der Waals surface area contributed by atoms with Crippen LogP contribution < -0.4 is 0 Å². The Kier molecular flexibility index (Phi) is 5.51. The first-order valence-corrected chi connectivity index (χ1v) is 4.38. The van der Waals surface area contributed by atoms with E-state index in [2.05, 4.69) is 0 Å². The average molecular weight is 248 g/mol. The predicted molar refractivity (Wildman–Crippen MR) is 53.9 cm³/mol. The van der Waals surface area contributed by atoms with Gasteiger partial charge in [-0.1, -0.05) is 37.0 Å².